The molecule has 8 nitrogen and oxygen atoms in total. The van der Waals surface area contributed by atoms with Gasteiger partial charge in [0.25, 0.3) is 0 Å². The predicted molar refractivity (Wildman–Crippen MR) is 98.8 cm³/mol. The van der Waals surface area contributed by atoms with Gasteiger partial charge in [-0.25, -0.2) is 8.42 Å². The summed E-state index contributed by atoms with van der Waals surface area (Å²) >= 11 is 0. The number of aryl methyl sites for hydroxylation is 2. The molecule has 0 spiro atoms. The van der Waals surface area contributed by atoms with E-state index in [0.717, 1.165) is 31.5 Å². The summed E-state index contributed by atoms with van der Waals surface area (Å²) < 4.78 is 35.3. The molecule has 148 valence electrons. The van der Waals surface area contributed by atoms with E-state index in [4.69, 9.17) is 4.52 Å². The topological polar surface area (TPSA) is 94.1 Å². The summed E-state index contributed by atoms with van der Waals surface area (Å²) in [7, 11) is -3.55. The van der Waals surface area contributed by atoms with E-state index in [2.05, 4.69) is 15.2 Å². The van der Waals surface area contributed by atoms with Gasteiger partial charge in [-0.05, 0) is 52.4 Å². The van der Waals surface area contributed by atoms with Gasteiger partial charge in [-0.2, -0.15) is 14.4 Å². The second-order valence-electron chi connectivity index (χ2n) is 7.71. The highest BCUT2D eigenvalue weighted by Gasteiger charge is 2.35. The minimum atomic E-state index is -3.55. The van der Waals surface area contributed by atoms with Gasteiger partial charge >= 0.3 is 0 Å². The minimum Gasteiger partial charge on any atom is -0.339 e. The monoisotopic (exact) mass is 393 g/mol. The Labute approximate surface area is 160 Å². The van der Waals surface area contributed by atoms with E-state index in [9.17, 15) is 8.42 Å². The van der Waals surface area contributed by atoms with E-state index in [1.807, 2.05) is 13.8 Å². The minimum absolute atomic E-state index is 0.197. The maximum atomic E-state index is 13.3. The van der Waals surface area contributed by atoms with Gasteiger partial charge in [-0.3, -0.25) is 4.68 Å². The zero-order chi connectivity index (χ0) is 19.2. The molecule has 2 aliphatic rings. The summed E-state index contributed by atoms with van der Waals surface area (Å²) in [5, 5.41) is 8.44. The van der Waals surface area contributed by atoms with Crippen LogP contribution >= 0.6 is 0 Å². The highest BCUT2D eigenvalue weighted by molar-refractivity contribution is 7.89. The molecule has 0 amide bonds. The van der Waals surface area contributed by atoms with Crippen molar-refractivity contribution in [2.75, 3.05) is 13.1 Å². The number of hydrogen-bond acceptors (Lipinski definition) is 6. The van der Waals surface area contributed by atoms with E-state index >= 15 is 0 Å². The van der Waals surface area contributed by atoms with Crippen LogP contribution in [0.25, 0.3) is 0 Å². The molecule has 1 aliphatic carbocycles. The first kappa shape index (κ1) is 18.6. The summed E-state index contributed by atoms with van der Waals surface area (Å²) in [6.45, 7) is 7.26. The average Bonchev–Trinajstić information content (AvgIpc) is 3.31. The molecular weight excluding hydrogens is 366 g/mol. The molecule has 1 saturated carbocycles. The Balaban J connectivity index is 1.50. The van der Waals surface area contributed by atoms with Crippen molar-refractivity contribution in [3.63, 3.8) is 0 Å². The Bertz CT molecular complexity index is 929. The number of sulfonamides is 1. The largest absolute Gasteiger partial charge is 0.339 e. The van der Waals surface area contributed by atoms with Crippen molar-refractivity contribution in [2.24, 2.45) is 5.92 Å². The van der Waals surface area contributed by atoms with E-state index < -0.39 is 10.0 Å². The Kier molecular flexibility index (Phi) is 4.84. The van der Waals surface area contributed by atoms with Crippen LogP contribution in [0.5, 0.6) is 0 Å². The molecule has 1 saturated heterocycles. The number of nitrogens with zero attached hydrogens (tertiary/aromatic N) is 5. The summed E-state index contributed by atoms with van der Waals surface area (Å²) in [5.41, 5.74) is 1.28. The molecule has 2 fully saturated rings. The Morgan fingerprint density at radius 1 is 1.22 bits per heavy atom. The molecule has 0 bridgehead atoms. The third-order valence-electron chi connectivity index (χ3n) is 5.58. The first-order valence-electron chi connectivity index (χ1n) is 9.76. The van der Waals surface area contributed by atoms with Crippen LogP contribution in [-0.4, -0.2) is 45.7 Å². The van der Waals surface area contributed by atoms with Crippen LogP contribution in [0, 0.1) is 19.8 Å². The molecule has 0 N–H and O–H groups in total. The first-order valence-corrected chi connectivity index (χ1v) is 11.2. The van der Waals surface area contributed by atoms with Gasteiger partial charge in [-0.15, -0.1) is 0 Å². The molecule has 2 aromatic heterocycles. The van der Waals surface area contributed by atoms with Crippen LogP contribution in [0.4, 0.5) is 0 Å². The number of aromatic nitrogens is 4. The normalized spacial score (nSPS) is 21.7. The highest BCUT2D eigenvalue weighted by atomic mass is 32.2. The smallest absolute Gasteiger partial charge is 0.246 e. The van der Waals surface area contributed by atoms with E-state index in [1.54, 1.807) is 15.9 Å². The molecule has 27 heavy (non-hydrogen) atoms. The number of rotatable bonds is 6. The van der Waals surface area contributed by atoms with Gasteiger partial charge in [0.1, 0.15) is 4.90 Å². The predicted octanol–water partition coefficient (Wildman–Crippen LogP) is 2.42. The Morgan fingerprint density at radius 2 is 2.00 bits per heavy atom. The summed E-state index contributed by atoms with van der Waals surface area (Å²) in [4.78, 5) is 4.86. The zero-order valence-electron chi connectivity index (χ0n) is 16.2. The van der Waals surface area contributed by atoms with Crippen molar-refractivity contribution >= 4 is 10.0 Å². The molecule has 2 aromatic rings. The van der Waals surface area contributed by atoms with Crippen molar-refractivity contribution in [2.45, 2.75) is 70.2 Å². The Morgan fingerprint density at radius 3 is 2.67 bits per heavy atom. The van der Waals surface area contributed by atoms with Crippen LogP contribution in [0.3, 0.4) is 0 Å². The standard InChI is InChI=1S/C18H27N5O3S/c1-4-23-13(3)17(12(2)20-23)27(24,25)22-9-5-6-14(11-22)10-16-19-18(21-26-16)15-7-8-15/h14-15H,4-11H2,1-3H3. The van der Waals surface area contributed by atoms with Gasteiger partial charge < -0.3 is 4.52 Å². The van der Waals surface area contributed by atoms with E-state index in [1.165, 1.54) is 0 Å². The SMILES string of the molecule is CCn1nc(C)c(S(=O)(=O)N2CCCC(Cc3nc(C4CC4)no3)C2)c1C. The molecular formula is C18H27N5O3S. The van der Waals surface area contributed by atoms with Gasteiger partial charge in [0.2, 0.25) is 15.9 Å². The molecule has 1 unspecified atom stereocenters. The van der Waals surface area contributed by atoms with E-state index in [0.29, 0.717) is 54.1 Å². The van der Waals surface area contributed by atoms with Crippen molar-refractivity contribution < 1.29 is 12.9 Å². The lowest BCUT2D eigenvalue weighted by Crippen LogP contribution is -2.40. The Hall–Kier alpha value is -1.74. The van der Waals surface area contributed by atoms with Crippen LogP contribution in [0.1, 0.15) is 61.6 Å². The third kappa shape index (κ3) is 3.54. The summed E-state index contributed by atoms with van der Waals surface area (Å²) in [6, 6.07) is 0. The van der Waals surface area contributed by atoms with E-state index in [-0.39, 0.29) is 5.92 Å². The van der Waals surface area contributed by atoms with Crippen molar-refractivity contribution in [1.82, 2.24) is 24.2 Å². The second-order valence-corrected chi connectivity index (χ2v) is 9.59. The molecule has 3 heterocycles. The van der Waals surface area contributed by atoms with Gasteiger partial charge in [0, 0.05) is 32.0 Å². The van der Waals surface area contributed by atoms with Crippen molar-refractivity contribution in [3.05, 3.63) is 23.1 Å². The van der Waals surface area contributed by atoms with Crippen LogP contribution in [-0.2, 0) is 23.0 Å². The zero-order valence-corrected chi connectivity index (χ0v) is 17.0. The molecule has 9 heteroatoms. The molecule has 1 atom stereocenters. The fraction of sp³-hybridized carbons (Fsp3) is 0.722. The number of hydrogen-bond donors (Lipinski definition) is 0. The third-order valence-corrected chi connectivity index (χ3v) is 7.70. The van der Waals surface area contributed by atoms with Gasteiger partial charge in [0.15, 0.2) is 5.82 Å². The maximum absolute atomic E-state index is 13.3. The quantitative estimate of drug-likeness (QED) is 0.748. The number of piperidine rings is 1. The molecule has 1 aliphatic heterocycles. The van der Waals surface area contributed by atoms with Crippen LogP contribution in [0.2, 0.25) is 0 Å². The first-order chi connectivity index (χ1) is 12.9. The molecule has 0 radical (unpaired) electrons. The van der Waals surface area contributed by atoms with Gasteiger partial charge in [-0.1, -0.05) is 5.16 Å². The maximum Gasteiger partial charge on any atom is 0.246 e. The molecule has 4 rings (SSSR count). The van der Waals surface area contributed by atoms with Gasteiger partial charge in [0.05, 0.1) is 11.4 Å². The molecule has 0 aromatic carbocycles. The lowest BCUT2D eigenvalue weighted by molar-refractivity contribution is 0.246. The fourth-order valence-corrected chi connectivity index (χ4v) is 5.94. The lowest BCUT2D eigenvalue weighted by Gasteiger charge is -2.31. The van der Waals surface area contributed by atoms with Crippen molar-refractivity contribution in [1.29, 1.82) is 0 Å². The summed E-state index contributed by atoms with van der Waals surface area (Å²) in [5.74, 6) is 2.10. The van der Waals surface area contributed by atoms with Crippen LogP contribution < -0.4 is 0 Å². The highest BCUT2D eigenvalue weighted by Crippen LogP contribution is 2.38. The fourth-order valence-electron chi connectivity index (χ4n) is 4.01. The van der Waals surface area contributed by atoms with Crippen LogP contribution in [0.15, 0.2) is 9.42 Å². The lowest BCUT2D eigenvalue weighted by atomic mass is 9.96. The second kappa shape index (κ2) is 7.01. The average molecular weight is 394 g/mol. The summed E-state index contributed by atoms with van der Waals surface area (Å²) in [6.07, 6.45) is 4.72. The van der Waals surface area contributed by atoms with Crippen molar-refractivity contribution in [3.8, 4) is 0 Å².